The Hall–Kier alpha value is -1.66. The number of carbonyl (C=O) groups excluding carboxylic acids is 1. The van der Waals surface area contributed by atoms with E-state index in [-0.39, 0.29) is 0 Å². The summed E-state index contributed by atoms with van der Waals surface area (Å²) >= 11 is 0. The third-order valence-electron chi connectivity index (χ3n) is 4.81. The van der Waals surface area contributed by atoms with Crippen LogP contribution in [0.4, 0.5) is 5.82 Å². The number of hydrogen-bond acceptors (Lipinski definition) is 5. The molecule has 6 nitrogen and oxygen atoms in total. The lowest BCUT2D eigenvalue weighted by molar-refractivity contribution is -0.134. The lowest BCUT2D eigenvalue weighted by Crippen LogP contribution is -2.53. The van der Waals surface area contributed by atoms with Crippen molar-refractivity contribution in [2.45, 2.75) is 19.4 Å². The van der Waals surface area contributed by atoms with Crippen LogP contribution in [-0.2, 0) is 4.79 Å². The molecule has 0 spiro atoms. The van der Waals surface area contributed by atoms with Crippen molar-refractivity contribution in [3.8, 4) is 0 Å². The van der Waals surface area contributed by atoms with E-state index in [1.807, 2.05) is 23.2 Å². The maximum Gasteiger partial charge on any atom is 0.224 e. The Balaban J connectivity index is 1.41. The Bertz CT molecular complexity index is 501. The first-order valence-electron chi connectivity index (χ1n) is 8.62. The summed E-state index contributed by atoms with van der Waals surface area (Å²) in [5.41, 5.74) is 0. The van der Waals surface area contributed by atoms with Crippen molar-refractivity contribution in [2.24, 2.45) is 0 Å². The first kappa shape index (κ1) is 16.2. The fraction of sp³-hybridized carbons (Fsp3) is 0.647. The van der Waals surface area contributed by atoms with Gasteiger partial charge in [0.05, 0.1) is 0 Å². The average molecular weight is 317 g/mol. The zero-order chi connectivity index (χ0) is 16.1. The number of carbonyl (C=O) groups is 1. The molecule has 2 aliphatic rings. The fourth-order valence-electron chi connectivity index (χ4n) is 3.35. The molecule has 2 aliphatic heterocycles. The van der Waals surface area contributed by atoms with E-state index in [2.05, 4.69) is 33.1 Å². The van der Waals surface area contributed by atoms with E-state index in [4.69, 9.17) is 0 Å². The number of anilines is 1. The SMILES string of the molecule is C[C@H]1CNCCN1C(=O)CCN1CCN(c2ccccn2)CC1. The Morgan fingerprint density at radius 3 is 2.78 bits per heavy atom. The molecule has 6 heteroatoms. The highest BCUT2D eigenvalue weighted by atomic mass is 16.2. The summed E-state index contributed by atoms with van der Waals surface area (Å²) < 4.78 is 0. The molecule has 0 bridgehead atoms. The van der Waals surface area contributed by atoms with E-state index < -0.39 is 0 Å². The summed E-state index contributed by atoms with van der Waals surface area (Å²) in [6.45, 7) is 9.62. The molecular weight excluding hydrogens is 290 g/mol. The minimum Gasteiger partial charge on any atom is -0.354 e. The lowest BCUT2D eigenvalue weighted by atomic mass is 10.2. The van der Waals surface area contributed by atoms with E-state index in [1.165, 1.54) is 0 Å². The Morgan fingerprint density at radius 2 is 2.09 bits per heavy atom. The van der Waals surface area contributed by atoms with Gasteiger partial charge in [0.1, 0.15) is 5.82 Å². The molecule has 1 atom stereocenters. The first-order valence-corrected chi connectivity index (χ1v) is 8.62. The van der Waals surface area contributed by atoms with Crippen molar-refractivity contribution >= 4 is 11.7 Å². The van der Waals surface area contributed by atoms with Crippen LogP contribution in [0, 0.1) is 0 Å². The average Bonchev–Trinajstić information content (AvgIpc) is 2.61. The zero-order valence-electron chi connectivity index (χ0n) is 13.9. The standard InChI is InChI=1S/C17H27N5O/c1-15-14-18-7-9-22(15)17(23)5-8-20-10-12-21(13-11-20)16-4-2-3-6-19-16/h2-4,6,15,18H,5,7-14H2,1H3/t15-/m0/s1. The number of piperazine rings is 2. The molecule has 0 aromatic carbocycles. The summed E-state index contributed by atoms with van der Waals surface area (Å²) in [7, 11) is 0. The van der Waals surface area contributed by atoms with Gasteiger partial charge in [-0.15, -0.1) is 0 Å². The van der Waals surface area contributed by atoms with Gasteiger partial charge in [-0.25, -0.2) is 4.98 Å². The Labute approximate surface area is 138 Å². The highest BCUT2D eigenvalue weighted by molar-refractivity contribution is 5.76. The minimum atomic E-state index is 0.297. The van der Waals surface area contributed by atoms with Crippen LogP contribution in [0.1, 0.15) is 13.3 Å². The summed E-state index contributed by atoms with van der Waals surface area (Å²) in [5.74, 6) is 1.35. The van der Waals surface area contributed by atoms with Crippen molar-refractivity contribution in [3.63, 3.8) is 0 Å². The molecule has 2 fully saturated rings. The van der Waals surface area contributed by atoms with Gasteiger partial charge in [-0.3, -0.25) is 9.69 Å². The number of aromatic nitrogens is 1. The van der Waals surface area contributed by atoms with Crippen molar-refractivity contribution in [3.05, 3.63) is 24.4 Å². The second kappa shape index (κ2) is 7.75. The highest BCUT2D eigenvalue weighted by Gasteiger charge is 2.24. The van der Waals surface area contributed by atoms with Gasteiger partial charge in [0.25, 0.3) is 0 Å². The normalized spacial score (nSPS) is 23.1. The molecule has 3 heterocycles. The van der Waals surface area contributed by atoms with Gasteiger partial charge in [-0.1, -0.05) is 6.07 Å². The van der Waals surface area contributed by atoms with Crippen LogP contribution in [0.25, 0.3) is 0 Å². The smallest absolute Gasteiger partial charge is 0.224 e. The van der Waals surface area contributed by atoms with Gasteiger partial charge < -0.3 is 15.1 Å². The largest absolute Gasteiger partial charge is 0.354 e. The van der Waals surface area contributed by atoms with E-state index in [0.717, 1.165) is 58.2 Å². The maximum atomic E-state index is 12.4. The molecule has 0 aliphatic carbocycles. The first-order chi connectivity index (χ1) is 11.2. The molecule has 2 saturated heterocycles. The van der Waals surface area contributed by atoms with Crippen LogP contribution in [0.15, 0.2) is 24.4 Å². The van der Waals surface area contributed by atoms with Gasteiger partial charge in [-0.2, -0.15) is 0 Å². The maximum absolute atomic E-state index is 12.4. The van der Waals surface area contributed by atoms with Crippen LogP contribution in [0.3, 0.4) is 0 Å². The predicted octanol–water partition coefficient (Wildman–Crippen LogP) is 0.414. The molecule has 3 rings (SSSR count). The van der Waals surface area contributed by atoms with Crippen LogP contribution >= 0.6 is 0 Å². The van der Waals surface area contributed by atoms with E-state index in [9.17, 15) is 4.79 Å². The van der Waals surface area contributed by atoms with Crippen LogP contribution in [-0.4, -0.2) is 79.1 Å². The molecular formula is C17H27N5O. The number of nitrogens with one attached hydrogen (secondary N) is 1. The molecule has 126 valence electrons. The minimum absolute atomic E-state index is 0.297. The second-order valence-electron chi connectivity index (χ2n) is 6.41. The van der Waals surface area contributed by atoms with Crippen LogP contribution in [0.5, 0.6) is 0 Å². The molecule has 0 unspecified atom stereocenters. The van der Waals surface area contributed by atoms with Gasteiger partial charge in [-0.05, 0) is 19.1 Å². The van der Waals surface area contributed by atoms with Crippen molar-refractivity contribution in [1.29, 1.82) is 0 Å². The molecule has 23 heavy (non-hydrogen) atoms. The van der Waals surface area contributed by atoms with Gasteiger partial charge >= 0.3 is 0 Å². The molecule has 1 N–H and O–H groups in total. The van der Waals surface area contributed by atoms with Gasteiger partial charge in [0.15, 0.2) is 0 Å². The number of pyridine rings is 1. The number of rotatable bonds is 4. The van der Waals surface area contributed by atoms with Crippen molar-refractivity contribution < 1.29 is 4.79 Å². The third-order valence-corrected chi connectivity index (χ3v) is 4.81. The molecule has 1 aromatic heterocycles. The van der Waals surface area contributed by atoms with Crippen molar-refractivity contribution in [2.75, 3.05) is 57.3 Å². The number of hydrogen-bond donors (Lipinski definition) is 1. The van der Waals surface area contributed by atoms with Crippen LogP contribution in [0.2, 0.25) is 0 Å². The number of nitrogens with zero attached hydrogens (tertiary/aromatic N) is 4. The van der Waals surface area contributed by atoms with E-state index >= 15 is 0 Å². The summed E-state index contributed by atoms with van der Waals surface area (Å²) in [4.78, 5) is 23.5. The highest BCUT2D eigenvalue weighted by Crippen LogP contribution is 2.13. The lowest BCUT2D eigenvalue weighted by Gasteiger charge is -2.37. The third kappa shape index (κ3) is 4.20. The fourth-order valence-corrected chi connectivity index (χ4v) is 3.35. The molecule has 0 saturated carbocycles. The van der Waals surface area contributed by atoms with Gasteiger partial charge in [0, 0.05) is 71.0 Å². The summed E-state index contributed by atoms with van der Waals surface area (Å²) in [6.07, 6.45) is 2.48. The van der Waals surface area contributed by atoms with Crippen molar-refractivity contribution in [1.82, 2.24) is 20.1 Å². The predicted molar refractivity (Wildman–Crippen MR) is 91.6 cm³/mol. The Kier molecular flexibility index (Phi) is 5.46. The van der Waals surface area contributed by atoms with E-state index in [0.29, 0.717) is 18.4 Å². The molecule has 0 radical (unpaired) electrons. The molecule has 1 amide bonds. The monoisotopic (exact) mass is 317 g/mol. The zero-order valence-corrected chi connectivity index (χ0v) is 13.9. The summed E-state index contributed by atoms with van der Waals surface area (Å²) in [6, 6.07) is 6.35. The van der Waals surface area contributed by atoms with E-state index in [1.54, 1.807) is 0 Å². The molecule has 1 aromatic rings. The quantitative estimate of drug-likeness (QED) is 0.872. The number of amides is 1. The Morgan fingerprint density at radius 1 is 1.26 bits per heavy atom. The second-order valence-corrected chi connectivity index (χ2v) is 6.41. The van der Waals surface area contributed by atoms with Gasteiger partial charge in [0.2, 0.25) is 5.91 Å². The summed E-state index contributed by atoms with van der Waals surface area (Å²) in [5, 5.41) is 3.33. The van der Waals surface area contributed by atoms with Crippen LogP contribution < -0.4 is 10.2 Å². The topological polar surface area (TPSA) is 51.7 Å².